The normalized spacial score (nSPS) is 14.2. The van der Waals surface area contributed by atoms with Crippen molar-refractivity contribution < 1.29 is 0 Å². The highest BCUT2D eigenvalue weighted by molar-refractivity contribution is 5.97. The number of hydrogen-bond donors (Lipinski definition) is 3. The van der Waals surface area contributed by atoms with Crippen molar-refractivity contribution in [3.63, 3.8) is 0 Å². The standard InChI is InChI=1S/C24H24N8/c25-12-17-14-29-23(15-27-17)30-22-11-21(28-13-16-5-2-1-3-6-16)24(32-31-22)19-7-4-8-20-18(19)9-10-26-20/h4,7-11,14-16,26H,1-3,5-6,13H2,(H2,28,29,30,31). The summed E-state index contributed by atoms with van der Waals surface area (Å²) >= 11 is 0. The van der Waals surface area contributed by atoms with Gasteiger partial charge in [0.15, 0.2) is 11.5 Å². The minimum atomic E-state index is 0.270. The van der Waals surface area contributed by atoms with Gasteiger partial charge in [0, 0.05) is 35.3 Å². The van der Waals surface area contributed by atoms with Crippen LogP contribution in [0.15, 0.2) is 48.9 Å². The summed E-state index contributed by atoms with van der Waals surface area (Å²) < 4.78 is 0. The number of nitrogens with zero attached hydrogens (tertiary/aromatic N) is 5. The van der Waals surface area contributed by atoms with E-state index in [9.17, 15) is 0 Å². The van der Waals surface area contributed by atoms with Gasteiger partial charge in [-0.2, -0.15) is 5.26 Å². The van der Waals surface area contributed by atoms with Crippen LogP contribution >= 0.6 is 0 Å². The number of H-pyrrole nitrogens is 1. The molecule has 1 aliphatic rings. The fourth-order valence-corrected chi connectivity index (χ4v) is 4.31. The maximum Gasteiger partial charge on any atom is 0.158 e. The Kier molecular flexibility index (Phi) is 5.62. The quantitative estimate of drug-likeness (QED) is 0.398. The summed E-state index contributed by atoms with van der Waals surface area (Å²) in [5.74, 6) is 1.76. The van der Waals surface area contributed by atoms with Gasteiger partial charge in [0.25, 0.3) is 0 Å². The van der Waals surface area contributed by atoms with Crippen LogP contribution in [0.25, 0.3) is 22.2 Å². The molecule has 0 radical (unpaired) electrons. The van der Waals surface area contributed by atoms with Crippen molar-refractivity contribution in [3.8, 4) is 17.3 Å². The molecule has 0 spiro atoms. The first-order chi connectivity index (χ1) is 15.8. The number of nitrogens with one attached hydrogen (secondary N) is 3. The van der Waals surface area contributed by atoms with Gasteiger partial charge >= 0.3 is 0 Å². The number of nitriles is 1. The minimum absolute atomic E-state index is 0.270. The summed E-state index contributed by atoms with van der Waals surface area (Å²) in [7, 11) is 0. The molecule has 4 aromatic rings. The average Bonchev–Trinajstić information content (AvgIpc) is 3.33. The summed E-state index contributed by atoms with van der Waals surface area (Å²) in [6.45, 7) is 0.915. The Morgan fingerprint density at radius 3 is 2.75 bits per heavy atom. The number of benzene rings is 1. The molecule has 1 aliphatic carbocycles. The second kappa shape index (κ2) is 9.02. The Bertz CT molecular complexity index is 1250. The van der Waals surface area contributed by atoms with Crippen LogP contribution in [0.4, 0.5) is 17.3 Å². The van der Waals surface area contributed by atoms with Crippen molar-refractivity contribution in [2.75, 3.05) is 17.2 Å². The van der Waals surface area contributed by atoms with E-state index in [1.807, 2.05) is 24.4 Å². The van der Waals surface area contributed by atoms with Gasteiger partial charge in [-0.15, -0.1) is 10.2 Å². The summed E-state index contributed by atoms with van der Waals surface area (Å²) in [6.07, 6.45) is 11.4. The molecule has 1 saturated carbocycles. The third-order valence-electron chi connectivity index (χ3n) is 5.97. The smallest absolute Gasteiger partial charge is 0.158 e. The third-order valence-corrected chi connectivity index (χ3v) is 5.97. The summed E-state index contributed by atoms with van der Waals surface area (Å²) in [5.41, 5.74) is 4.13. The molecule has 0 amide bonds. The highest BCUT2D eigenvalue weighted by atomic mass is 15.2. The summed E-state index contributed by atoms with van der Waals surface area (Å²) in [4.78, 5) is 11.5. The van der Waals surface area contributed by atoms with Crippen molar-refractivity contribution in [2.45, 2.75) is 32.1 Å². The van der Waals surface area contributed by atoms with Gasteiger partial charge in [0.2, 0.25) is 0 Å². The highest BCUT2D eigenvalue weighted by Gasteiger charge is 2.17. The molecule has 0 bridgehead atoms. The summed E-state index contributed by atoms with van der Waals surface area (Å²) in [5, 5.41) is 25.8. The Labute approximate surface area is 186 Å². The van der Waals surface area contributed by atoms with Crippen LogP contribution in [0.2, 0.25) is 0 Å². The van der Waals surface area contributed by atoms with Gasteiger partial charge in [0.05, 0.1) is 18.1 Å². The molecular formula is C24H24N8. The molecule has 1 aromatic carbocycles. The molecule has 0 aliphatic heterocycles. The zero-order chi connectivity index (χ0) is 21.8. The molecular weight excluding hydrogens is 400 g/mol. The fraction of sp³-hybridized carbons (Fsp3) is 0.292. The van der Waals surface area contributed by atoms with Gasteiger partial charge in [0.1, 0.15) is 17.6 Å². The van der Waals surface area contributed by atoms with Crippen LogP contribution in [-0.2, 0) is 0 Å². The highest BCUT2D eigenvalue weighted by Crippen LogP contribution is 2.33. The predicted octanol–water partition coefficient (Wildman–Crippen LogP) is 5.02. The van der Waals surface area contributed by atoms with Gasteiger partial charge in [-0.25, -0.2) is 9.97 Å². The lowest BCUT2D eigenvalue weighted by Gasteiger charge is -2.23. The number of hydrogen-bond acceptors (Lipinski definition) is 7. The van der Waals surface area contributed by atoms with Crippen LogP contribution in [0.5, 0.6) is 0 Å². The lowest BCUT2D eigenvalue weighted by molar-refractivity contribution is 0.373. The first kappa shape index (κ1) is 19.9. The molecule has 32 heavy (non-hydrogen) atoms. The molecule has 8 nitrogen and oxygen atoms in total. The second-order valence-corrected chi connectivity index (χ2v) is 8.14. The Hall–Kier alpha value is -3.99. The third kappa shape index (κ3) is 4.23. The molecule has 0 saturated heterocycles. The largest absolute Gasteiger partial charge is 0.383 e. The molecule has 8 heteroatoms. The average molecular weight is 425 g/mol. The van der Waals surface area contributed by atoms with E-state index in [4.69, 9.17) is 5.26 Å². The minimum Gasteiger partial charge on any atom is -0.383 e. The monoisotopic (exact) mass is 424 g/mol. The molecule has 3 heterocycles. The number of aromatic nitrogens is 5. The van der Waals surface area contributed by atoms with E-state index < -0.39 is 0 Å². The molecule has 1 fully saturated rings. The van der Waals surface area contributed by atoms with Crippen LogP contribution in [-0.4, -0.2) is 31.7 Å². The van der Waals surface area contributed by atoms with E-state index in [0.29, 0.717) is 17.6 Å². The summed E-state index contributed by atoms with van der Waals surface area (Å²) in [6, 6.07) is 12.2. The number of aromatic amines is 1. The van der Waals surface area contributed by atoms with Gasteiger partial charge in [-0.1, -0.05) is 31.4 Å². The topological polar surface area (TPSA) is 115 Å². The van der Waals surface area contributed by atoms with Crippen LogP contribution in [0.1, 0.15) is 37.8 Å². The van der Waals surface area contributed by atoms with E-state index >= 15 is 0 Å². The molecule has 3 N–H and O–H groups in total. The van der Waals surface area contributed by atoms with Crippen molar-refractivity contribution in [3.05, 3.63) is 54.6 Å². The Morgan fingerprint density at radius 1 is 1.03 bits per heavy atom. The van der Waals surface area contributed by atoms with E-state index in [-0.39, 0.29) is 5.69 Å². The Morgan fingerprint density at radius 2 is 1.94 bits per heavy atom. The van der Waals surface area contributed by atoms with E-state index in [1.165, 1.54) is 44.5 Å². The number of anilines is 3. The predicted molar refractivity (Wildman–Crippen MR) is 124 cm³/mol. The lowest BCUT2D eigenvalue weighted by atomic mass is 9.89. The maximum atomic E-state index is 8.91. The lowest BCUT2D eigenvalue weighted by Crippen LogP contribution is -2.18. The molecule has 0 atom stereocenters. The van der Waals surface area contributed by atoms with Crippen molar-refractivity contribution in [2.24, 2.45) is 5.92 Å². The van der Waals surface area contributed by atoms with Crippen LogP contribution in [0.3, 0.4) is 0 Å². The number of fused-ring (bicyclic) bond motifs is 1. The van der Waals surface area contributed by atoms with Crippen molar-refractivity contribution >= 4 is 28.2 Å². The number of rotatable bonds is 6. The zero-order valence-electron chi connectivity index (χ0n) is 17.7. The molecule has 3 aromatic heterocycles. The molecule has 160 valence electrons. The van der Waals surface area contributed by atoms with Crippen molar-refractivity contribution in [1.82, 2.24) is 25.1 Å². The maximum absolute atomic E-state index is 8.91. The zero-order valence-corrected chi connectivity index (χ0v) is 17.7. The fourth-order valence-electron chi connectivity index (χ4n) is 4.31. The van der Waals surface area contributed by atoms with Gasteiger partial charge < -0.3 is 15.6 Å². The van der Waals surface area contributed by atoms with Crippen molar-refractivity contribution in [1.29, 1.82) is 5.26 Å². The van der Waals surface area contributed by atoms with Crippen LogP contribution < -0.4 is 10.6 Å². The van der Waals surface area contributed by atoms with E-state index in [0.717, 1.165) is 34.4 Å². The first-order valence-electron chi connectivity index (χ1n) is 11.0. The van der Waals surface area contributed by atoms with E-state index in [1.54, 1.807) is 0 Å². The second-order valence-electron chi connectivity index (χ2n) is 8.14. The first-order valence-corrected chi connectivity index (χ1v) is 11.0. The van der Waals surface area contributed by atoms with Gasteiger partial charge in [-0.3, -0.25) is 0 Å². The van der Waals surface area contributed by atoms with Gasteiger partial charge in [-0.05, 0) is 30.9 Å². The molecule has 0 unspecified atom stereocenters. The SMILES string of the molecule is N#Cc1cnc(Nc2cc(NCC3CCCCC3)c(-c3cccc4[nH]ccc34)nn2)cn1. The van der Waals surface area contributed by atoms with E-state index in [2.05, 4.69) is 54.0 Å². The van der Waals surface area contributed by atoms with Crippen LogP contribution in [0, 0.1) is 17.2 Å². The Balaban J connectivity index is 1.47. The molecule has 5 rings (SSSR count).